The van der Waals surface area contributed by atoms with E-state index in [4.69, 9.17) is 4.74 Å². The number of amides is 1. The first kappa shape index (κ1) is 19.6. The normalized spacial score (nSPS) is 21.2. The third-order valence-electron chi connectivity index (χ3n) is 4.62. The Hall–Kier alpha value is -2.70. The first-order valence-electron chi connectivity index (χ1n) is 8.80. The summed E-state index contributed by atoms with van der Waals surface area (Å²) in [5.74, 6) is -0.499. The summed E-state index contributed by atoms with van der Waals surface area (Å²) in [5, 5.41) is 13.6. The van der Waals surface area contributed by atoms with Gasteiger partial charge >= 0.3 is 5.97 Å². The summed E-state index contributed by atoms with van der Waals surface area (Å²) >= 11 is 0. The van der Waals surface area contributed by atoms with Gasteiger partial charge in [0.15, 0.2) is 6.10 Å². The highest BCUT2D eigenvalue weighted by atomic mass is 16.6. The Balaban J connectivity index is 1.83. The average Bonchev–Trinajstić information content (AvgIpc) is 2.62. The van der Waals surface area contributed by atoms with Gasteiger partial charge in [-0.2, -0.15) is 0 Å². The predicted octanol–water partition coefficient (Wildman–Crippen LogP) is 3.23. The molecule has 1 aliphatic rings. The molecule has 3 atom stereocenters. The number of rotatable bonds is 6. The van der Waals surface area contributed by atoms with Crippen molar-refractivity contribution < 1.29 is 19.2 Å². The molecule has 1 aromatic carbocycles. The number of nitro benzene ring substituents is 1. The highest BCUT2D eigenvalue weighted by molar-refractivity contribution is 5.90. The van der Waals surface area contributed by atoms with Crippen LogP contribution >= 0.6 is 0 Å². The van der Waals surface area contributed by atoms with Gasteiger partial charge in [-0.1, -0.05) is 19.8 Å². The average molecular weight is 360 g/mol. The van der Waals surface area contributed by atoms with E-state index in [1.165, 1.54) is 42.8 Å². The van der Waals surface area contributed by atoms with E-state index < -0.39 is 17.0 Å². The number of carbonyl (C=O) groups is 2. The van der Waals surface area contributed by atoms with Crippen LogP contribution < -0.4 is 5.32 Å². The van der Waals surface area contributed by atoms with Gasteiger partial charge in [-0.15, -0.1) is 0 Å². The zero-order valence-electron chi connectivity index (χ0n) is 15.0. The van der Waals surface area contributed by atoms with Gasteiger partial charge in [0.25, 0.3) is 11.6 Å². The monoisotopic (exact) mass is 360 g/mol. The molecule has 7 heteroatoms. The fourth-order valence-electron chi connectivity index (χ4n) is 2.97. The number of benzene rings is 1. The van der Waals surface area contributed by atoms with Crippen molar-refractivity contribution in [3.05, 3.63) is 46.0 Å². The second kappa shape index (κ2) is 9.12. The van der Waals surface area contributed by atoms with E-state index in [-0.39, 0.29) is 17.6 Å². The topological polar surface area (TPSA) is 98.5 Å². The molecule has 0 bridgehead atoms. The molecule has 0 saturated heterocycles. The van der Waals surface area contributed by atoms with E-state index in [0.717, 1.165) is 19.3 Å². The zero-order valence-corrected chi connectivity index (χ0v) is 15.0. The minimum atomic E-state index is -0.877. The molecular formula is C19H24N2O5. The molecule has 0 heterocycles. The van der Waals surface area contributed by atoms with Crippen LogP contribution in [-0.4, -0.2) is 28.9 Å². The van der Waals surface area contributed by atoms with Gasteiger partial charge in [-0.05, 0) is 49.5 Å². The van der Waals surface area contributed by atoms with Crippen LogP contribution in [0.15, 0.2) is 30.3 Å². The molecule has 1 aromatic rings. The Morgan fingerprint density at radius 2 is 1.92 bits per heavy atom. The van der Waals surface area contributed by atoms with Crippen LogP contribution in [-0.2, 0) is 14.3 Å². The van der Waals surface area contributed by atoms with E-state index >= 15 is 0 Å². The van der Waals surface area contributed by atoms with Crippen LogP contribution in [0.1, 0.15) is 45.1 Å². The molecule has 1 saturated carbocycles. The number of nitrogens with zero attached hydrogens (tertiary/aromatic N) is 1. The second-order valence-corrected chi connectivity index (χ2v) is 6.64. The van der Waals surface area contributed by atoms with Gasteiger partial charge in [0.2, 0.25) is 0 Å². The molecule has 140 valence electrons. The Kier molecular flexibility index (Phi) is 6.89. The minimum Gasteiger partial charge on any atom is -0.449 e. The minimum absolute atomic E-state index is 0.0213. The lowest BCUT2D eigenvalue weighted by Crippen LogP contribution is -2.45. The second-order valence-electron chi connectivity index (χ2n) is 6.64. The maximum atomic E-state index is 12.2. The zero-order chi connectivity index (χ0) is 19.1. The summed E-state index contributed by atoms with van der Waals surface area (Å²) in [6.45, 7) is 3.66. The summed E-state index contributed by atoms with van der Waals surface area (Å²) in [4.78, 5) is 34.2. The number of esters is 1. The van der Waals surface area contributed by atoms with Gasteiger partial charge < -0.3 is 10.1 Å². The lowest BCUT2D eigenvalue weighted by atomic mass is 9.86. The molecule has 1 aliphatic carbocycles. The lowest BCUT2D eigenvalue weighted by Gasteiger charge is -2.30. The van der Waals surface area contributed by atoms with E-state index in [9.17, 15) is 19.7 Å². The number of nitro groups is 1. The van der Waals surface area contributed by atoms with Crippen molar-refractivity contribution in [3.63, 3.8) is 0 Å². The molecule has 1 amide bonds. The maximum Gasteiger partial charge on any atom is 0.331 e. The molecular weight excluding hydrogens is 336 g/mol. The van der Waals surface area contributed by atoms with Crippen molar-refractivity contribution in [1.82, 2.24) is 5.32 Å². The Morgan fingerprint density at radius 3 is 2.54 bits per heavy atom. The van der Waals surface area contributed by atoms with Gasteiger partial charge in [0, 0.05) is 24.3 Å². The third-order valence-corrected chi connectivity index (χ3v) is 4.62. The van der Waals surface area contributed by atoms with E-state index in [1.807, 2.05) is 0 Å². The van der Waals surface area contributed by atoms with Crippen LogP contribution in [0.4, 0.5) is 5.69 Å². The van der Waals surface area contributed by atoms with E-state index in [1.54, 1.807) is 6.92 Å². The number of ether oxygens (including phenoxy) is 1. The highest BCUT2D eigenvalue weighted by Gasteiger charge is 2.25. The number of carbonyl (C=O) groups excluding carboxylic acids is 2. The summed E-state index contributed by atoms with van der Waals surface area (Å²) in [6.07, 6.45) is 6.14. The summed E-state index contributed by atoms with van der Waals surface area (Å²) in [5.41, 5.74) is 0.604. The Morgan fingerprint density at radius 1 is 1.27 bits per heavy atom. The lowest BCUT2D eigenvalue weighted by molar-refractivity contribution is -0.384. The van der Waals surface area contributed by atoms with Crippen molar-refractivity contribution in [1.29, 1.82) is 0 Å². The Labute approximate surface area is 152 Å². The fraction of sp³-hybridized carbons (Fsp3) is 0.474. The molecule has 2 rings (SSSR count). The molecule has 26 heavy (non-hydrogen) atoms. The molecule has 0 spiro atoms. The van der Waals surface area contributed by atoms with Crippen LogP contribution in [0, 0.1) is 16.0 Å². The predicted molar refractivity (Wildman–Crippen MR) is 97.2 cm³/mol. The molecule has 1 fully saturated rings. The van der Waals surface area contributed by atoms with Crippen molar-refractivity contribution in [2.24, 2.45) is 5.92 Å². The fourth-order valence-corrected chi connectivity index (χ4v) is 2.97. The molecule has 0 radical (unpaired) electrons. The third kappa shape index (κ3) is 5.68. The first-order chi connectivity index (χ1) is 12.4. The SMILES string of the molecule is C[C@@H](OC(=O)/C=C/c1ccc([N+](=O)[O-])cc1)C(=O)N[C@H]1CCCC[C@@H]1C. The number of hydrogen-bond donors (Lipinski definition) is 1. The largest absolute Gasteiger partial charge is 0.449 e. The van der Waals surface area contributed by atoms with Gasteiger partial charge in [0.1, 0.15) is 0 Å². The van der Waals surface area contributed by atoms with Crippen molar-refractivity contribution in [2.75, 3.05) is 0 Å². The molecule has 7 nitrogen and oxygen atoms in total. The summed E-state index contributed by atoms with van der Waals surface area (Å²) in [6, 6.07) is 5.90. The first-order valence-corrected chi connectivity index (χ1v) is 8.80. The number of non-ortho nitro benzene ring substituents is 1. The highest BCUT2D eigenvalue weighted by Crippen LogP contribution is 2.23. The molecule has 0 aromatic heterocycles. The van der Waals surface area contributed by atoms with Crippen molar-refractivity contribution in [2.45, 2.75) is 51.7 Å². The van der Waals surface area contributed by atoms with Crippen LogP contribution in [0.25, 0.3) is 6.08 Å². The van der Waals surface area contributed by atoms with Gasteiger partial charge in [-0.25, -0.2) is 4.79 Å². The summed E-state index contributed by atoms with van der Waals surface area (Å²) in [7, 11) is 0. The smallest absolute Gasteiger partial charge is 0.331 e. The van der Waals surface area contributed by atoms with E-state index in [0.29, 0.717) is 11.5 Å². The van der Waals surface area contributed by atoms with Gasteiger partial charge in [-0.3, -0.25) is 14.9 Å². The quantitative estimate of drug-likeness (QED) is 0.363. The standard InChI is InChI=1S/C19H24N2O5/c1-13-5-3-4-6-17(13)20-19(23)14(2)26-18(22)12-9-15-7-10-16(11-8-15)21(24)25/h7-14,17H,3-6H2,1-2H3,(H,20,23)/b12-9+/t13-,14+,17-/m0/s1. The molecule has 0 unspecified atom stereocenters. The van der Waals surface area contributed by atoms with Crippen LogP contribution in [0.2, 0.25) is 0 Å². The van der Waals surface area contributed by atoms with Crippen molar-refractivity contribution in [3.8, 4) is 0 Å². The number of nitrogens with one attached hydrogen (secondary N) is 1. The maximum absolute atomic E-state index is 12.2. The Bertz CT molecular complexity index is 684. The van der Waals surface area contributed by atoms with E-state index in [2.05, 4.69) is 12.2 Å². The summed E-state index contributed by atoms with van der Waals surface area (Å²) < 4.78 is 5.13. The van der Waals surface area contributed by atoms with Crippen molar-refractivity contribution >= 4 is 23.6 Å². The van der Waals surface area contributed by atoms with Crippen LogP contribution in [0.5, 0.6) is 0 Å². The van der Waals surface area contributed by atoms with Crippen LogP contribution in [0.3, 0.4) is 0 Å². The van der Waals surface area contributed by atoms with Gasteiger partial charge in [0.05, 0.1) is 4.92 Å². The number of hydrogen-bond acceptors (Lipinski definition) is 5. The molecule has 1 N–H and O–H groups in total. The molecule has 0 aliphatic heterocycles.